The normalized spacial score (nSPS) is 11.1. The predicted octanol–water partition coefficient (Wildman–Crippen LogP) is 3.17. The summed E-state index contributed by atoms with van der Waals surface area (Å²) in [6, 6.07) is 12.3. The maximum absolute atomic E-state index is 13.1. The number of hydrogen-bond acceptors (Lipinski definition) is 4. The minimum absolute atomic E-state index is 0.210. The van der Waals surface area contributed by atoms with Gasteiger partial charge in [-0.1, -0.05) is 32.0 Å². The van der Waals surface area contributed by atoms with Crippen LogP contribution in [0, 0.1) is 12.8 Å². The number of anilines is 1. The molecule has 2 aromatic carbocycles. The first-order valence-corrected chi connectivity index (χ1v) is 9.98. The summed E-state index contributed by atoms with van der Waals surface area (Å²) < 4.78 is 7.89. The molecule has 1 N–H and O–H groups in total. The van der Waals surface area contributed by atoms with Crippen molar-refractivity contribution in [3.8, 4) is 5.75 Å². The van der Waals surface area contributed by atoms with Crippen LogP contribution in [0.5, 0.6) is 5.75 Å². The van der Waals surface area contributed by atoms with Gasteiger partial charge in [0.2, 0.25) is 5.91 Å². The van der Waals surface area contributed by atoms with Gasteiger partial charge in [-0.25, -0.2) is 4.79 Å². The van der Waals surface area contributed by atoms with Gasteiger partial charge in [-0.3, -0.25) is 18.7 Å². The van der Waals surface area contributed by atoms with E-state index in [0.717, 1.165) is 5.56 Å². The van der Waals surface area contributed by atoms with Gasteiger partial charge in [0, 0.05) is 6.54 Å². The van der Waals surface area contributed by atoms with E-state index in [0.29, 0.717) is 41.2 Å². The van der Waals surface area contributed by atoms with E-state index in [1.54, 1.807) is 36.4 Å². The average Bonchev–Trinajstić information content (AvgIpc) is 2.71. The molecule has 0 aliphatic carbocycles. The van der Waals surface area contributed by atoms with E-state index in [4.69, 9.17) is 4.74 Å². The minimum Gasteiger partial charge on any atom is -0.495 e. The third-order valence-electron chi connectivity index (χ3n) is 4.99. The van der Waals surface area contributed by atoms with Crippen LogP contribution in [-0.2, 0) is 17.9 Å². The molecule has 0 bridgehead atoms. The number of ether oxygens (including phenoxy) is 1. The lowest BCUT2D eigenvalue weighted by Crippen LogP contribution is -2.42. The van der Waals surface area contributed by atoms with Gasteiger partial charge in [0.1, 0.15) is 12.3 Å². The zero-order valence-corrected chi connectivity index (χ0v) is 17.8. The van der Waals surface area contributed by atoms with Crippen molar-refractivity contribution in [2.75, 3.05) is 12.4 Å². The first-order valence-electron chi connectivity index (χ1n) is 9.98. The number of amides is 1. The molecule has 0 saturated heterocycles. The molecule has 1 heterocycles. The van der Waals surface area contributed by atoms with Crippen LogP contribution in [0.25, 0.3) is 10.9 Å². The molecule has 0 radical (unpaired) electrons. The Morgan fingerprint density at radius 3 is 2.53 bits per heavy atom. The van der Waals surface area contributed by atoms with Gasteiger partial charge in [0.05, 0.1) is 23.7 Å². The Kier molecular flexibility index (Phi) is 6.40. The maximum atomic E-state index is 13.1. The lowest BCUT2D eigenvalue weighted by molar-refractivity contribution is -0.116. The van der Waals surface area contributed by atoms with Crippen molar-refractivity contribution in [1.29, 1.82) is 0 Å². The van der Waals surface area contributed by atoms with Gasteiger partial charge in [0.15, 0.2) is 0 Å². The minimum atomic E-state index is -0.481. The SMILES string of the molecule is COc1ccc(C)cc1NC(=O)Cn1c(=O)n(CCC(C)C)c(=O)c2ccccc21. The van der Waals surface area contributed by atoms with Crippen molar-refractivity contribution < 1.29 is 9.53 Å². The van der Waals surface area contributed by atoms with E-state index < -0.39 is 5.69 Å². The van der Waals surface area contributed by atoms with E-state index in [9.17, 15) is 14.4 Å². The summed E-state index contributed by atoms with van der Waals surface area (Å²) in [6.45, 7) is 6.09. The number of hydrogen-bond donors (Lipinski definition) is 1. The number of para-hydroxylation sites is 1. The molecule has 3 rings (SSSR count). The summed E-state index contributed by atoms with van der Waals surface area (Å²) in [5, 5.41) is 3.23. The summed E-state index contributed by atoms with van der Waals surface area (Å²) >= 11 is 0. The molecule has 0 atom stereocenters. The van der Waals surface area contributed by atoms with Gasteiger partial charge >= 0.3 is 5.69 Å². The molecule has 30 heavy (non-hydrogen) atoms. The summed E-state index contributed by atoms with van der Waals surface area (Å²) in [7, 11) is 1.53. The van der Waals surface area contributed by atoms with Crippen LogP contribution in [0.15, 0.2) is 52.1 Å². The van der Waals surface area contributed by atoms with Crippen LogP contribution in [0.4, 0.5) is 5.69 Å². The molecule has 0 spiro atoms. The summed E-state index contributed by atoms with van der Waals surface area (Å²) in [6.07, 6.45) is 0.695. The van der Waals surface area contributed by atoms with Crippen LogP contribution in [0.1, 0.15) is 25.8 Å². The zero-order chi connectivity index (χ0) is 21.8. The summed E-state index contributed by atoms with van der Waals surface area (Å²) in [4.78, 5) is 38.8. The summed E-state index contributed by atoms with van der Waals surface area (Å²) in [5.41, 5.74) is 1.14. The Bertz CT molecular complexity index is 1190. The van der Waals surface area contributed by atoms with Crippen LogP contribution in [0.3, 0.4) is 0 Å². The molecule has 7 nitrogen and oxygen atoms in total. The van der Waals surface area contributed by atoms with Crippen molar-refractivity contribution >= 4 is 22.5 Å². The molecule has 1 amide bonds. The van der Waals surface area contributed by atoms with Crippen molar-refractivity contribution in [2.24, 2.45) is 5.92 Å². The first kappa shape index (κ1) is 21.4. The number of methoxy groups -OCH3 is 1. The lowest BCUT2D eigenvalue weighted by atomic mass is 10.1. The quantitative estimate of drug-likeness (QED) is 0.650. The predicted molar refractivity (Wildman–Crippen MR) is 118 cm³/mol. The molecule has 158 valence electrons. The van der Waals surface area contributed by atoms with Crippen molar-refractivity contribution in [3.05, 3.63) is 68.9 Å². The molecular formula is C23H27N3O4. The molecule has 7 heteroatoms. The number of benzene rings is 2. The highest BCUT2D eigenvalue weighted by Gasteiger charge is 2.16. The summed E-state index contributed by atoms with van der Waals surface area (Å²) in [5.74, 6) is 0.501. The fourth-order valence-electron chi connectivity index (χ4n) is 3.36. The van der Waals surface area contributed by atoms with Crippen LogP contribution >= 0.6 is 0 Å². The molecule has 0 fully saturated rings. The number of rotatable bonds is 7. The number of carbonyl (C=O) groups excluding carboxylic acids is 1. The molecule has 0 unspecified atom stereocenters. The Balaban J connectivity index is 2.01. The second-order valence-electron chi connectivity index (χ2n) is 7.78. The molecule has 0 aliphatic heterocycles. The van der Waals surface area contributed by atoms with Gasteiger partial charge in [-0.05, 0) is 49.1 Å². The Morgan fingerprint density at radius 2 is 1.83 bits per heavy atom. The number of aromatic nitrogens is 2. The monoisotopic (exact) mass is 409 g/mol. The molecular weight excluding hydrogens is 382 g/mol. The average molecular weight is 409 g/mol. The van der Waals surface area contributed by atoms with Gasteiger partial charge < -0.3 is 10.1 Å². The highest BCUT2D eigenvalue weighted by atomic mass is 16.5. The van der Waals surface area contributed by atoms with E-state index in [2.05, 4.69) is 5.32 Å². The van der Waals surface area contributed by atoms with Crippen molar-refractivity contribution in [3.63, 3.8) is 0 Å². The highest BCUT2D eigenvalue weighted by Crippen LogP contribution is 2.25. The number of carbonyl (C=O) groups is 1. The second-order valence-corrected chi connectivity index (χ2v) is 7.78. The van der Waals surface area contributed by atoms with E-state index in [-0.39, 0.29) is 18.0 Å². The Labute approximate surface area is 174 Å². The largest absolute Gasteiger partial charge is 0.495 e. The molecule has 0 aliphatic rings. The van der Waals surface area contributed by atoms with E-state index >= 15 is 0 Å². The van der Waals surface area contributed by atoms with Gasteiger partial charge in [0.25, 0.3) is 5.56 Å². The van der Waals surface area contributed by atoms with Crippen molar-refractivity contribution in [1.82, 2.24) is 9.13 Å². The van der Waals surface area contributed by atoms with Crippen molar-refractivity contribution in [2.45, 2.75) is 40.3 Å². The number of fused-ring (bicyclic) bond motifs is 1. The first-order chi connectivity index (χ1) is 14.3. The van der Waals surface area contributed by atoms with Gasteiger partial charge in [-0.2, -0.15) is 0 Å². The fraction of sp³-hybridized carbons (Fsp3) is 0.348. The zero-order valence-electron chi connectivity index (χ0n) is 17.8. The lowest BCUT2D eigenvalue weighted by Gasteiger charge is -2.15. The number of aryl methyl sites for hydroxylation is 1. The fourth-order valence-corrected chi connectivity index (χ4v) is 3.36. The molecule has 1 aromatic heterocycles. The standard InChI is InChI=1S/C23H27N3O4/c1-15(2)11-12-25-22(28)17-7-5-6-8-19(17)26(23(25)29)14-21(27)24-18-13-16(3)9-10-20(18)30-4/h5-10,13,15H,11-12,14H2,1-4H3,(H,24,27). The maximum Gasteiger partial charge on any atom is 0.331 e. The third kappa shape index (κ3) is 4.45. The van der Waals surface area contributed by atoms with Crippen LogP contribution in [-0.4, -0.2) is 22.2 Å². The topological polar surface area (TPSA) is 82.3 Å². The molecule has 3 aromatic rings. The Morgan fingerprint density at radius 1 is 1.10 bits per heavy atom. The van der Waals surface area contributed by atoms with Gasteiger partial charge in [-0.15, -0.1) is 0 Å². The number of nitrogens with zero attached hydrogens (tertiary/aromatic N) is 2. The third-order valence-corrected chi connectivity index (χ3v) is 4.99. The Hall–Kier alpha value is -3.35. The van der Waals surface area contributed by atoms with E-state index in [1.165, 1.54) is 16.2 Å². The highest BCUT2D eigenvalue weighted by molar-refractivity contribution is 5.93. The van der Waals surface area contributed by atoms with E-state index in [1.807, 2.05) is 26.8 Å². The van der Waals surface area contributed by atoms with Crippen LogP contribution < -0.4 is 21.3 Å². The second kappa shape index (κ2) is 8.98. The van der Waals surface area contributed by atoms with Crippen LogP contribution in [0.2, 0.25) is 0 Å². The number of nitrogens with one attached hydrogen (secondary N) is 1. The smallest absolute Gasteiger partial charge is 0.331 e. The molecule has 0 saturated carbocycles.